The van der Waals surface area contributed by atoms with Crippen molar-refractivity contribution in [2.75, 3.05) is 13.1 Å². The maximum atomic E-state index is 11.7. The summed E-state index contributed by atoms with van der Waals surface area (Å²) in [5.74, 6) is -0.387. The lowest BCUT2D eigenvalue weighted by Crippen LogP contribution is -2.42. The summed E-state index contributed by atoms with van der Waals surface area (Å²) in [4.78, 5) is 24.3. The highest BCUT2D eigenvalue weighted by molar-refractivity contribution is 5.78. The van der Waals surface area contributed by atoms with Crippen LogP contribution in [0.3, 0.4) is 0 Å². The maximum Gasteiger partial charge on any atom is 0.320 e. The minimum atomic E-state index is -0.939. The van der Waals surface area contributed by atoms with Crippen molar-refractivity contribution < 1.29 is 14.7 Å². The Kier molecular flexibility index (Phi) is 4.93. The average molecular weight is 242 g/mol. The van der Waals surface area contributed by atoms with E-state index in [4.69, 9.17) is 10.8 Å². The Hall–Kier alpha value is -1.10. The summed E-state index contributed by atoms with van der Waals surface area (Å²) >= 11 is 0. The summed E-state index contributed by atoms with van der Waals surface area (Å²) in [6.45, 7) is 5.26. The molecule has 5 heteroatoms. The molecule has 98 valence electrons. The van der Waals surface area contributed by atoms with Crippen LogP contribution in [-0.2, 0) is 9.59 Å². The number of carboxylic acid groups (broad SMARTS) is 1. The normalized spacial score (nSPS) is 19.4. The van der Waals surface area contributed by atoms with Crippen molar-refractivity contribution in [3.63, 3.8) is 0 Å². The fraction of sp³-hybridized carbons (Fsp3) is 0.833. The van der Waals surface area contributed by atoms with Gasteiger partial charge in [0.1, 0.15) is 6.04 Å². The minimum absolute atomic E-state index is 0.0350. The molecule has 17 heavy (non-hydrogen) atoms. The zero-order valence-corrected chi connectivity index (χ0v) is 10.6. The molecule has 1 unspecified atom stereocenters. The largest absolute Gasteiger partial charge is 0.480 e. The first-order valence-corrected chi connectivity index (χ1v) is 6.19. The van der Waals surface area contributed by atoms with Crippen LogP contribution in [0.2, 0.25) is 0 Å². The van der Waals surface area contributed by atoms with E-state index in [1.807, 2.05) is 18.7 Å². The third-order valence-electron chi connectivity index (χ3n) is 3.32. The molecular formula is C12H22N2O3. The second-order valence-electron chi connectivity index (χ2n) is 5.10. The first-order chi connectivity index (χ1) is 7.91. The van der Waals surface area contributed by atoms with E-state index in [0.717, 1.165) is 25.9 Å². The third-order valence-corrected chi connectivity index (χ3v) is 3.32. The number of hydrogen-bond acceptors (Lipinski definition) is 3. The van der Waals surface area contributed by atoms with Crippen molar-refractivity contribution >= 4 is 11.9 Å². The van der Waals surface area contributed by atoms with E-state index in [9.17, 15) is 9.59 Å². The fourth-order valence-corrected chi connectivity index (χ4v) is 2.21. The molecule has 0 radical (unpaired) electrons. The molecule has 0 aromatic heterocycles. The highest BCUT2D eigenvalue weighted by Gasteiger charge is 2.26. The number of aliphatic carboxylic acids is 1. The van der Waals surface area contributed by atoms with Gasteiger partial charge in [0.05, 0.1) is 0 Å². The van der Waals surface area contributed by atoms with Crippen LogP contribution in [0.25, 0.3) is 0 Å². The number of amides is 1. The quantitative estimate of drug-likeness (QED) is 0.759. The smallest absolute Gasteiger partial charge is 0.320 e. The molecule has 5 nitrogen and oxygen atoms in total. The Bertz CT molecular complexity index is 283. The monoisotopic (exact) mass is 242 g/mol. The van der Waals surface area contributed by atoms with Gasteiger partial charge in [0.2, 0.25) is 5.91 Å². The number of carbonyl (C=O) groups excluding carboxylic acids is 1. The number of carboxylic acids is 1. The molecule has 0 aromatic carbocycles. The van der Waals surface area contributed by atoms with Crippen molar-refractivity contribution in [1.82, 2.24) is 4.90 Å². The molecule has 1 aliphatic heterocycles. The molecule has 1 fully saturated rings. The van der Waals surface area contributed by atoms with E-state index in [1.54, 1.807) is 0 Å². The zero-order valence-electron chi connectivity index (χ0n) is 10.6. The predicted molar refractivity (Wildman–Crippen MR) is 64.4 cm³/mol. The standard InChI is InChI=1S/C12H22N2O3/c1-8(2)11(15)14-5-3-9(4-6-14)7-10(13)12(16)17/h8-10H,3-7,13H2,1-2H3,(H,16,17). The summed E-state index contributed by atoms with van der Waals surface area (Å²) in [6, 6.07) is -0.771. The average Bonchev–Trinajstić information content (AvgIpc) is 2.28. The summed E-state index contributed by atoms with van der Waals surface area (Å²) < 4.78 is 0. The van der Waals surface area contributed by atoms with Gasteiger partial charge in [-0.15, -0.1) is 0 Å². The number of carbonyl (C=O) groups is 2. The molecule has 1 heterocycles. The summed E-state index contributed by atoms with van der Waals surface area (Å²) in [7, 11) is 0. The van der Waals surface area contributed by atoms with Crippen LogP contribution in [0.15, 0.2) is 0 Å². The molecule has 1 amide bonds. The van der Waals surface area contributed by atoms with Gasteiger partial charge in [0.15, 0.2) is 0 Å². The van der Waals surface area contributed by atoms with Gasteiger partial charge in [-0.2, -0.15) is 0 Å². The van der Waals surface area contributed by atoms with E-state index < -0.39 is 12.0 Å². The Morgan fingerprint density at radius 2 is 1.88 bits per heavy atom. The molecule has 0 saturated carbocycles. The number of rotatable bonds is 4. The summed E-state index contributed by atoms with van der Waals surface area (Å²) in [5, 5.41) is 8.74. The van der Waals surface area contributed by atoms with Crippen molar-refractivity contribution in [3.05, 3.63) is 0 Å². The molecule has 1 saturated heterocycles. The summed E-state index contributed by atoms with van der Waals surface area (Å²) in [6.07, 6.45) is 2.23. The van der Waals surface area contributed by atoms with E-state index in [0.29, 0.717) is 12.3 Å². The third kappa shape index (κ3) is 4.00. The van der Waals surface area contributed by atoms with Gasteiger partial charge in [0, 0.05) is 19.0 Å². The lowest BCUT2D eigenvalue weighted by Gasteiger charge is -2.33. The molecule has 0 aromatic rings. The lowest BCUT2D eigenvalue weighted by atomic mass is 9.90. The predicted octanol–water partition coefficient (Wildman–Crippen LogP) is 0.683. The highest BCUT2D eigenvalue weighted by atomic mass is 16.4. The van der Waals surface area contributed by atoms with Gasteiger partial charge in [-0.05, 0) is 25.2 Å². The molecule has 0 bridgehead atoms. The van der Waals surface area contributed by atoms with Crippen LogP contribution >= 0.6 is 0 Å². The highest BCUT2D eigenvalue weighted by Crippen LogP contribution is 2.22. The lowest BCUT2D eigenvalue weighted by molar-refractivity contribution is -0.140. The van der Waals surface area contributed by atoms with E-state index in [1.165, 1.54) is 0 Å². The van der Waals surface area contributed by atoms with Gasteiger partial charge in [0.25, 0.3) is 0 Å². The van der Waals surface area contributed by atoms with Gasteiger partial charge in [-0.1, -0.05) is 13.8 Å². The van der Waals surface area contributed by atoms with Crippen molar-refractivity contribution in [2.24, 2.45) is 17.6 Å². The first kappa shape index (κ1) is 14.0. The maximum absolute atomic E-state index is 11.7. The molecule has 1 aliphatic rings. The number of piperidine rings is 1. The van der Waals surface area contributed by atoms with Crippen LogP contribution in [0.4, 0.5) is 0 Å². The number of nitrogens with zero attached hydrogens (tertiary/aromatic N) is 1. The Morgan fingerprint density at radius 3 is 2.29 bits per heavy atom. The van der Waals surface area contributed by atoms with Crippen LogP contribution in [0.5, 0.6) is 0 Å². The Balaban J connectivity index is 2.36. The van der Waals surface area contributed by atoms with E-state index in [-0.39, 0.29) is 11.8 Å². The zero-order chi connectivity index (χ0) is 13.0. The molecule has 0 spiro atoms. The minimum Gasteiger partial charge on any atom is -0.480 e. The second kappa shape index (κ2) is 6.00. The van der Waals surface area contributed by atoms with E-state index >= 15 is 0 Å². The van der Waals surface area contributed by atoms with Crippen LogP contribution in [0, 0.1) is 11.8 Å². The molecule has 0 aliphatic carbocycles. The van der Waals surface area contributed by atoms with Gasteiger partial charge in [-0.25, -0.2) is 0 Å². The number of hydrogen-bond donors (Lipinski definition) is 2. The van der Waals surface area contributed by atoms with Crippen molar-refractivity contribution in [3.8, 4) is 0 Å². The van der Waals surface area contributed by atoms with Crippen molar-refractivity contribution in [1.29, 1.82) is 0 Å². The van der Waals surface area contributed by atoms with Crippen LogP contribution in [0.1, 0.15) is 33.1 Å². The van der Waals surface area contributed by atoms with Gasteiger partial charge >= 0.3 is 5.97 Å². The van der Waals surface area contributed by atoms with Crippen LogP contribution < -0.4 is 5.73 Å². The topological polar surface area (TPSA) is 83.6 Å². The number of nitrogens with two attached hydrogens (primary N) is 1. The van der Waals surface area contributed by atoms with E-state index in [2.05, 4.69) is 0 Å². The second-order valence-corrected chi connectivity index (χ2v) is 5.10. The molecule has 3 N–H and O–H groups in total. The van der Waals surface area contributed by atoms with Gasteiger partial charge < -0.3 is 15.7 Å². The van der Waals surface area contributed by atoms with Crippen molar-refractivity contribution in [2.45, 2.75) is 39.2 Å². The van der Waals surface area contributed by atoms with Gasteiger partial charge in [-0.3, -0.25) is 9.59 Å². The molecule has 1 rings (SSSR count). The SMILES string of the molecule is CC(C)C(=O)N1CCC(CC(N)C(=O)O)CC1. The molecular weight excluding hydrogens is 220 g/mol. The fourth-order valence-electron chi connectivity index (χ4n) is 2.21. The summed E-state index contributed by atoms with van der Waals surface area (Å²) in [5.41, 5.74) is 5.51. The molecule has 1 atom stereocenters. The Labute approximate surface area is 102 Å². The van der Waals surface area contributed by atoms with Crippen LogP contribution in [-0.4, -0.2) is 41.0 Å². The number of likely N-dealkylation sites (tertiary alicyclic amines) is 1. The first-order valence-electron chi connectivity index (χ1n) is 6.19. The Morgan fingerprint density at radius 1 is 1.35 bits per heavy atom.